The van der Waals surface area contributed by atoms with Crippen LogP contribution in [0.5, 0.6) is 0 Å². The van der Waals surface area contributed by atoms with E-state index in [1.54, 1.807) is 24.3 Å². The Labute approximate surface area is 163 Å². The first-order valence-corrected chi connectivity index (χ1v) is 8.74. The summed E-state index contributed by atoms with van der Waals surface area (Å²) in [6, 6.07) is 11.5. The van der Waals surface area contributed by atoms with Gasteiger partial charge in [-0.05, 0) is 41.6 Å². The molecule has 1 unspecified atom stereocenters. The molecular weight excluding hydrogens is 387 g/mol. The first-order valence-electron chi connectivity index (χ1n) is 8.74. The molecule has 1 aliphatic rings. The molecule has 2 amide bonds. The van der Waals surface area contributed by atoms with Crippen molar-refractivity contribution in [3.05, 3.63) is 54.1 Å². The van der Waals surface area contributed by atoms with Gasteiger partial charge in [0, 0.05) is 23.5 Å². The van der Waals surface area contributed by atoms with Crippen LogP contribution in [0.25, 0.3) is 11.4 Å². The van der Waals surface area contributed by atoms with Crippen molar-refractivity contribution in [3.63, 3.8) is 0 Å². The van der Waals surface area contributed by atoms with E-state index in [0.717, 1.165) is 12.1 Å². The molecule has 0 radical (unpaired) electrons. The van der Waals surface area contributed by atoms with Crippen molar-refractivity contribution >= 4 is 17.4 Å². The molecule has 0 saturated carbocycles. The fourth-order valence-electron chi connectivity index (χ4n) is 2.92. The molecule has 0 aliphatic carbocycles. The number of tetrazole rings is 1. The summed E-state index contributed by atoms with van der Waals surface area (Å²) in [5.41, 5.74) is 1.06. The Morgan fingerprint density at radius 1 is 1.14 bits per heavy atom. The minimum absolute atomic E-state index is 0.134. The first-order chi connectivity index (χ1) is 13.9. The summed E-state index contributed by atoms with van der Waals surface area (Å²) in [5, 5.41) is 20.9. The highest BCUT2D eigenvalue weighted by atomic mass is 19.4. The second-order valence-corrected chi connectivity index (χ2v) is 6.46. The summed E-state index contributed by atoms with van der Waals surface area (Å²) >= 11 is 0. The Bertz CT molecular complexity index is 1020. The van der Waals surface area contributed by atoms with E-state index in [4.69, 9.17) is 0 Å². The minimum atomic E-state index is -4.38. The third-order valence-corrected chi connectivity index (χ3v) is 4.34. The predicted octanol–water partition coefficient (Wildman–Crippen LogP) is 2.78. The maximum absolute atomic E-state index is 12.7. The van der Waals surface area contributed by atoms with Crippen LogP contribution in [0.15, 0.2) is 48.5 Å². The maximum Gasteiger partial charge on any atom is 0.416 e. The number of hydrogen-bond donors (Lipinski definition) is 3. The Morgan fingerprint density at radius 2 is 1.90 bits per heavy atom. The van der Waals surface area contributed by atoms with Gasteiger partial charge in [-0.2, -0.15) is 18.0 Å². The first kappa shape index (κ1) is 18.7. The van der Waals surface area contributed by atoms with E-state index in [1.165, 1.54) is 16.9 Å². The number of benzene rings is 2. The van der Waals surface area contributed by atoms with Crippen molar-refractivity contribution in [2.75, 3.05) is 11.9 Å². The highest BCUT2D eigenvalue weighted by molar-refractivity contribution is 5.77. The van der Waals surface area contributed by atoms with Gasteiger partial charge in [0.15, 0.2) is 0 Å². The summed E-state index contributed by atoms with van der Waals surface area (Å²) in [6.07, 6.45) is -4.38. The van der Waals surface area contributed by atoms with E-state index in [0.29, 0.717) is 35.9 Å². The van der Waals surface area contributed by atoms with Crippen LogP contribution in [0.2, 0.25) is 0 Å². The normalized spacial score (nSPS) is 16.4. The van der Waals surface area contributed by atoms with Gasteiger partial charge in [-0.15, -0.1) is 10.2 Å². The van der Waals surface area contributed by atoms with Crippen LogP contribution in [-0.2, 0) is 12.7 Å². The average molecular weight is 403 g/mol. The second kappa shape index (κ2) is 7.41. The molecule has 0 bridgehead atoms. The van der Waals surface area contributed by atoms with Crippen molar-refractivity contribution in [2.45, 2.75) is 18.8 Å². The van der Waals surface area contributed by atoms with Crippen molar-refractivity contribution in [2.24, 2.45) is 0 Å². The molecule has 3 aromatic rings. The number of nitrogens with one attached hydrogen (secondary N) is 3. The number of para-hydroxylation sites is 1. The zero-order valence-corrected chi connectivity index (χ0v) is 14.9. The number of anilines is 2. The van der Waals surface area contributed by atoms with Crippen molar-refractivity contribution in [1.82, 2.24) is 30.8 Å². The van der Waals surface area contributed by atoms with Gasteiger partial charge < -0.3 is 16.0 Å². The number of aromatic nitrogens is 4. The van der Waals surface area contributed by atoms with Crippen LogP contribution in [0, 0.1) is 0 Å². The Morgan fingerprint density at radius 3 is 2.59 bits per heavy atom. The third-order valence-electron chi connectivity index (χ3n) is 4.34. The number of urea groups is 1. The van der Waals surface area contributed by atoms with Gasteiger partial charge >= 0.3 is 12.2 Å². The summed E-state index contributed by atoms with van der Waals surface area (Å²) in [7, 11) is 0. The molecule has 2 aromatic carbocycles. The Hall–Kier alpha value is -3.63. The molecule has 2 heterocycles. The van der Waals surface area contributed by atoms with Crippen molar-refractivity contribution in [1.29, 1.82) is 0 Å². The fourth-order valence-corrected chi connectivity index (χ4v) is 2.92. The molecule has 11 heteroatoms. The SMILES string of the molecule is O=C1NCC(Cn2nnc(-c3ccccc3Nc3ccc(C(F)(F)F)cc3)n2)N1. The van der Waals surface area contributed by atoms with Gasteiger partial charge in [0.25, 0.3) is 0 Å². The topological polar surface area (TPSA) is 96.8 Å². The molecule has 1 aliphatic heterocycles. The molecule has 29 heavy (non-hydrogen) atoms. The lowest BCUT2D eigenvalue weighted by Gasteiger charge is -2.11. The van der Waals surface area contributed by atoms with E-state index in [9.17, 15) is 18.0 Å². The molecular formula is C18H16F3N7O. The van der Waals surface area contributed by atoms with E-state index in [-0.39, 0.29) is 12.1 Å². The predicted molar refractivity (Wildman–Crippen MR) is 98.3 cm³/mol. The second-order valence-electron chi connectivity index (χ2n) is 6.46. The monoisotopic (exact) mass is 403 g/mol. The van der Waals surface area contributed by atoms with Crippen LogP contribution in [0.3, 0.4) is 0 Å². The average Bonchev–Trinajstić information content (AvgIpc) is 3.31. The van der Waals surface area contributed by atoms with Gasteiger partial charge in [-0.1, -0.05) is 12.1 Å². The van der Waals surface area contributed by atoms with Gasteiger partial charge in [-0.3, -0.25) is 0 Å². The van der Waals surface area contributed by atoms with Gasteiger partial charge in [0.1, 0.15) is 0 Å². The zero-order chi connectivity index (χ0) is 20.4. The molecule has 3 N–H and O–H groups in total. The third kappa shape index (κ3) is 4.28. The number of hydrogen-bond acceptors (Lipinski definition) is 5. The number of rotatable bonds is 5. The number of alkyl halides is 3. The highest BCUT2D eigenvalue weighted by Gasteiger charge is 2.30. The summed E-state index contributed by atoms with van der Waals surface area (Å²) in [5.74, 6) is 0.359. The number of halogens is 3. The molecule has 1 fully saturated rings. The van der Waals surface area contributed by atoms with E-state index < -0.39 is 11.7 Å². The fraction of sp³-hybridized carbons (Fsp3) is 0.222. The van der Waals surface area contributed by atoms with Gasteiger partial charge in [0.05, 0.1) is 18.2 Å². The minimum Gasteiger partial charge on any atom is -0.355 e. The van der Waals surface area contributed by atoms with Gasteiger partial charge in [-0.25, -0.2) is 4.79 Å². The molecule has 1 aromatic heterocycles. The molecule has 1 saturated heterocycles. The maximum atomic E-state index is 12.7. The lowest BCUT2D eigenvalue weighted by Crippen LogP contribution is -2.31. The van der Waals surface area contributed by atoms with E-state index in [1.807, 2.05) is 0 Å². The zero-order valence-electron chi connectivity index (χ0n) is 14.9. The number of amides is 2. The Kier molecular flexibility index (Phi) is 4.79. The summed E-state index contributed by atoms with van der Waals surface area (Å²) < 4.78 is 38.2. The lowest BCUT2D eigenvalue weighted by atomic mass is 10.1. The largest absolute Gasteiger partial charge is 0.416 e. The molecule has 4 rings (SSSR count). The molecule has 8 nitrogen and oxygen atoms in total. The van der Waals surface area contributed by atoms with Gasteiger partial charge in [0.2, 0.25) is 5.82 Å². The van der Waals surface area contributed by atoms with E-state index in [2.05, 4.69) is 31.4 Å². The van der Waals surface area contributed by atoms with E-state index >= 15 is 0 Å². The quantitative estimate of drug-likeness (QED) is 0.609. The van der Waals surface area contributed by atoms with Crippen LogP contribution < -0.4 is 16.0 Å². The van der Waals surface area contributed by atoms with Crippen LogP contribution >= 0.6 is 0 Å². The molecule has 1 atom stereocenters. The summed E-state index contributed by atoms with van der Waals surface area (Å²) in [4.78, 5) is 12.6. The molecule has 0 spiro atoms. The lowest BCUT2D eigenvalue weighted by molar-refractivity contribution is -0.137. The number of carbonyl (C=O) groups is 1. The van der Waals surface area contributed by atoms with Crippen LogP contribution in [-0.4, -0.2) is 38.8 Å². The van der Waals surface area contributed by atoms with Crippen molar-refractivity contribution in [3.8, 4) is 11.4 Å². The molecule has 150 valence electrons. The summed E-state index contributed by atoms with van der Waals surface area (Å²) in [6.45, 7) is 0.835. The van der Waals surface area contributed by atoms with Crippen LogP contribution in [0.1, 0.15) is 5.56 Å². The smallest absolute Gasteiger partial charge is 0.355 e. The standard InChI is InChI=1S/C18H16F3N7O/c19-18(20,21)11-5-7-12(8-6-11)23-15-4-2-1-3-14(15)16-25-27-28(26-16)10-13-9-22-17(29)24-13/h1-8,13,23H,9-10H2,(H2,22,24,29). The Balaban J connectivity index is 1.52. The number of nitrogens with zero attached hydrogens (tertiary/aromatic N) is 4. The van der Waals surface area contributed by atoms with Crippen LogP contribution in [0.4, 0.5) is 29.3 Å². The van der Waals surface area contributed by atoms with Crippen molar-refractivity contribution < 1.29 is 18.0 Å². The number of carbonyl (C=O) groups excluding carboxylic acids is 1. The highest BCUT2D eigenvalue weighted by Crippen LogP contribution is 2.32.